The molecular formula is C25H33N3O6. The molecule has 2 aliphatic rings. The van der Waals surface area contributed by atoms with Gasteiger partial charge in [-0.2, -0.15) is 0 Å². The molecule has 9 heteroatoms. The van der Waals surface area contributed by atoms with Crippen molar-refractivity contribution >= 4 is 12.1 Å². The van der Waals surface area contributed by atoms with Gasteiger partial charge in [0, 0.05) is 19.5 Å². The van der Waals surface area contributed by atoms with Gasteiger partial charge in [0.25, 0.3) is 0 Å². The minimum Gasteiger partial charge on any atom is -0.489 e. The van der Waals surface area contributed by atoms with E-state index in [-0.39, 0.29) is 37.2 Å². The molecular weight excluding hydrogens is 438 g/mol. The summed E-state index contributed by atoms with van der Waals surface area (Å²) in [5, 5.41) is 13.1. The summed E-state index contributed by atoms with van der Waals surface area (Å²) in [6.07, 6.45) is 6.59. The minimum absolute atomic E-state index is 0.00458. The fraction of sp³-hybridized carbons (Fsp3) is 0.600. The van der Waals surface area contributed by atoms with Gasteiger partial charge in [-0.1, -0.05) is 18.0 Å². The van der Waals surface area contributed by atoms with Crippen molar-refractivity contribution in [2.45, 2.75) is 84.0 Å². The average molecular weight is 472 g/mol. The molecule has 0 unspecified atom stereocenters. The molecule has 0 aliphatic heterocycles. The number of hydrogen-bond acceptors (Lipinski definition) is 7. The summed E-state index contributed by atoms with van der Waals surface area (Å²) < 4.78 is 17.2. The molecule has 0 saturated heterocycles. The van der Waals surface area contributed by atoms with Crippen molar-refractivity contribution in [1.82, 2.24) is 15.0 Å². The third-order valence-electron chi connectivity index (χ3n) is 7.01. The van der Waals surface area contributed by atoms with Gasteiger partial charge >= 0.3 is 12.1 Å². The van der Waals surface area contributed by atoms with Crippen molar-refractivity contribution in [3.8, 4) is 17.2 Å². The minimum atomic E-state index is -0.762. The lowest BCUT2D eigenvalue weighted by Gasteiger charge is -2.23. The summed E-state index contributed by atoms with van der Waals surface area (Å²) in [5.41, 5.74) is 2.65. The number of nitrogens with zero attached hydrogens (tertiary/aromatic N) is 3. The largest absolute Gasteiger partial charge is 0.489 e. The first-order valence-electron chi connectivity index (χ1n) is 12.0. The smallest absolute Gasteiger partial charge is 0.410 e. The molecule has 2 aromatic rings. The first-order valence-corrected chi connectivity index (χ1v) is 12.0. The number of amides is 1. The van der Waals surface area contributed by atoms with Gasteiger partial charge in [-0.3, -0.25) is 4.79 Å². The van der Waals surface area contributed by atoms with Crippen LogP contribution in [0.4, 0.5) is 4.79 Å². The summed E-state index contributed by atoms with van der Waals surface area (Å²) >= 11 is 0. The predicted octanol–water partition coefficient (Wildman–Crippen LogP) is 4.89. The standard InChI is InChI=1S/C25H33N3O6/c1-15-20(14-32-25(31)28(3)18-6-4-5-7-18)24(34-27-15)21-10-11-22(16(2)26-21)33-19-9-8-17(12-19)13-23(29)30/h10-11,17-19H,4-9,12-14H2,1-3H3,(H,29,30)/t17-,19+/m1/s1. The average Bonchev–Trinajstić information content (AvgIpc) is 3.55. The number of rotatable bonds is 8. The van der Waals surface area contributed by atoms with Crippen LogP contribution in [0, 0.1) is 19.8 Å². The molecule has 0 aromatic carbocycles. The highest BCUT2D eigenvalue weighted by Gasteiger charge is 2.29. The fourth-order valence-electron chi connectivity index (χ4n) is 4.98. The van der Waals surface area contributed by atoms with Crippen LogP contribution in [0.15, 0.2) is 16.7 Å². The summed E-state index contributed by atoms with van der Waals surface area (Å²) in [6, 6.07) is 3.90. The summed E-state index contributed by atoms with van der Waals surface area (Å²) in [6.45, 7) is 3.74. The van der Waals surface area contributed by atoms with E-state index in [0.717, 1.165) is 44.9 Å². The lowest BCUT2D eigenvalue weighted by Crippen LogP contribution is -2.35. The summed E-state index contributed by atoms with van der Waals surface area (Å²) in [7, 11) is 1.79. The first-order chi connectivity index (χ1) is 16.3. The van der Waals surface area contributed by atoms with Crippen LogP contribution in [0.3, 0.4) is 0 Å². The lowest BCUT2D eigenvalue weighted by atomic mass is 10.0. The number of carbonyl (C=O) groups excluding carboxylic acids is 1. The fourth-order valence-corrected chi connectivity index (χ4v) is 4.98. The maximum absolute atomic E-state index is 12.5. The Kier molecular flexibility index (Phi) is 7.38. The lowest BCUT2D eigenvalue weighted by molar-refractivity contribution is -0.138. The number of carboxylic acid groups (broad SMARTS) is 1. The molecule has 2 fully saturated rings. The zero-order valence-corrected chi connectivity index (χ0v) is 20.1. The Labute approximate surface area is 199 Å². The van der Waals surface area contributed by atoms with Gasteiger partial charge in [0.15, 0.2) is 5.76 Å². The van der Waals surface area contributed by atoms with Crippen LogP contribution in [0.25, 0.3) is 11.5 Å². The maximum atomic E-state index is 12.5. The van der Waals surface area contributed by atoms with E-state index in [0.29, 0.717) is 34.2 Å². The molecule has 34 heavy (non-hydrogen) atoms. The Hall–Kier alpha value is -3.10. The molecule has 2 atom stereocenters. The van der Waals surface area contributed by atoms with E-state index in [2.05, 4.69) is 10.1 Å². The van der Waals surface area contributed by atoms with Crippen molar-refractivity contribution in [2.24, 2.45) is 5.92 Å². The van der Waals surface area contributed by atoms with Gasteiger partial charge in [-0.15, -0.1) is 0 Å². The van der Waals surface area contributed by atoms with Gasteiger partial charge in [0.1, 0.15) is 18.1 Å². The molecule has 2 heterocycles. The SMILES string of the molecule is Cc1nc(-c2onc(C)c2COC(=O)N(C)C2CCCC2)ccc1O[C@H]1CC[C@@H](CC(=O)O)C1. The van der Waals surface area contributed by atoms with Gasteiger partial charge in [0.2, 0.25) is 0 Å². The molecule has 184 valence electrons. The van der Waals surface area contributed by atoms with E-state index in [1.807, 2.05) is 26.0 Å². The van der Waals surface area contributed by atoms with Crippen molar-refractivity contribution in [3.63, 3.8) is 0 Å². The second kappa shape index (κ2) is 10.4. The number of aliphatic carboxylic acids is 1. The summed E-state index contributed by atoms with van der Waals surface area (Å²) in [5.74, 6) is 0.546. The van der Waals surface area contributed by atoms with Crippen molar-refractivity contribution in [1.29, 1.82) is 0 Å². The quantitative estimate of drug-likeness (QED) is 0.579. The van der Waals surface area contributed by atoms with E-state index >= 15 is 0 Å². The molecule has 1 N–H and O–H groups in total. The Morgan fingerprint density at radius 1 is 1.15 bits per heavy atom. The van der Waals surface area contributed by atoms with Gasteiger partial charge in [-0.25, -0.2) is 9.78 Å². The zero-order chi connectivity index (χ0) is 24.2. The van der Waals surface area contributed by atoms with Crippen LogP contribution in [0.2, 0.25) is 0 Å². The highest BCUT2D eigenvalue weighted by molar-refractivity contribution is 5.68. The Morgan fingerprint density at radius 2 is 1.91 bits per heavy atom. The second-order valence-electron chi connectivity index (χ2n) is 9.48. The topological polar surface area (TPSA) is 115 Å². The number of carbonyl (C=O) groups is 2. The van der Waals surface area contributed by atoms with Gasteiger partial charge in [0.05, 0.1) is 23.1 Å². The summed E-state index contributed by atoms with van der Waals surface area (Å²) in [4.78, 5) is 29.8. The highest BCUT2D eigenvalue weighted by atomic mass is 16.6. The number of aryl methyl sites for hydroxylation is 2. The van der Waals surface area contributed by atoms with E-state index < -0.39 is 5.97 Å². The van der Waals surface area contributed by atoms with E-state index in [9.17, 15) is 9.59 Å². The molecule has 1 amide bonds. The number of hydrogen-bond donors (Lipinski definition) is 1. The molecule has 0 bridgehead atoms. The van der Waals surface area contributed by atoms with Crippen LogP contribution < -0.4 is 4.74 Å². The molecule has 2 saturated carbocycles. The third kappa shape index (κ3) is 5.51. The Bertz CT molecular complexity index is 1030. The normalized spacial score (nSPS) is 20.4. The first kappa shape index (κ1) is 24.0. The molecule has 4 rings (SSSR count). The molecule has 0 radical (unpaired) electrons. The van der Waals surface area contributed by atoms with Crippen LogP contribution >= 0.6 is 0 Å². The van der Waals surface area contributed by atoms with Crippen molar-refractivity contribution in [3.05, 3.63) is 29.1 Å². The maximum Gasteiger partial charge on any atom is 0.410 e. The number of pyridine rings is 1. The van der Waals surface area contributed by atoms with Gasteiger partial charge < -0.3 is 24.0 Å². The zero-order valence-electron chi connectivity index (χ0n) is 20.1. The van der Waals surface area contributed by atoms with Crippen molar-refractivity contribution < 1.29 is 28.7 Å². The van der Waals surface area contributed by atoms with Crippen molar-refractivity contribution in [2.75, 3.05) is 7.05 Å². The van der Waals surface area contributed by atoms with Crippen LogP contribution in [0.5, 0.6) is 5.75 Å². The number of carboxylic acids is 1. The Morgan fingerprint density at radius 3 is 2.62 bits per heavy atom. The molecule has 9 nitrogen and oxygen atoms in total. The molecule has 2 aromatic heterocycles. The predicted molar refractivity (Wildman–Crippen MR) is 123 cm³/mol. The number of ether oxygens (including phenoxy) is 2. The number of aromatic nitrogens is 2. The van der Waals surface area contributed by atoms with Crippen LogP contribution in [-0.2, 0) is 16.1 Å². The van der Waals surface area contributed by atoms with Crippen LogP contribution in [-0.4, -0.2) is 51.4 Å². The molecule has 0 spiro atoms. The third-order valence-corrected chi connectivity index (χ3v) is 7.01. The monoisotopic (exact) mass is 471 g/mol. The molecule has 2 aliphatic carbocycles. The van der Waals surface area contributed by atoms with Gasteiger partial charge in [-0.05, 0) is 64.0 Å². The second-order valence-corrected chi connectivity index (χ2v) is 9.48. The highest BCUT2D eigenvalue weighted by Crippen LogP contribution is 2.34. The van der Waals surface area contributed by atoms with E-state index in [1.54, 1.807) is 11.9 Å². The Balaban J connectivity index is 1.40. The van der Waals surface area contributed by atoms with Crippen LogP contribution in [0.1, 0.15) is 68.3 Å². The van der Waals surface area contributed by atoms with E-state index in [1.165, 1.54) is 0 Å². The van der Waals surface area contributed by atoms with E-state index in [4.69, 9.17) is 19.1 Å².